The summed E-state index contributed by atoms with van der Waals surface area (Å²) >= 11 is 3.47. The van der Waals surface area contributed by atoms with Gasteiger partial charge in [0.25, 0.3) is 0 Å². The van der Waals surface area contributed by atoms with Gasteiger partial charge in [0.2, 0.25) is 5.78 Å². The minimum Gasteiger partial charge on any atom is -0.496 e. The van der Waals surface area contributed by atoms with Crippen LogP contribution in [0.15, 0.2) is 58.8 Å². The molecule has 0 atom stereocenters. The second kappa shape index (κ2) is 9.16. The molecule has 0 aliphatic carbocycles. The molecule has 0 aromatic heterocycles. The van der Waals surface area contributed by atoms with E-state index in [1.165, 1.54) is 0 Å². The zero-order valence-electron chi connectivity index (χ0n) is 19.2. The van der Waals surface area contributed by atoms with Crippen molar-refractivity contribution in [2.75, 3.05) is 21.0 Å². The molecule has 7 heteroatoms. The minimum absolute atomic E-state index is 0.148. The molecule has 0 radical (unpaired) electrons. The molecule has 3 aromatic carbocycles. The summed E-state index contributed by atoms with van der Waals surface area (Å²) in [5.41, 5.74) is 4.20. The summed E-state index contributed by atoms with van der Waals surface area (Å²) in [7, 11) is 3.28. The summed E-state index contributed by atoms with van der Waals surface area (Å²) in [6.07, 6.45) is 1.72. The van der Waals surface area contributed by atoms with Crippen molar-refractivity contribution in [3.05, 3.63) is 86.6 Å². The van der Waals surface area contributed by atoms with Crippen molar-refractivity contribution >= 4 is 27.8 Å². The monoisotopic (exact) mass is 521 g/mol. The molecule has 0 saturated carbocycles. The number of Topliss-reactive ketones (excluding diaryl/α,β-unsaturated/α-hetero) is 1. The zero-order valence-corrected chi connectivity index (χ0v) is 20.8. The number of carbonyl (C=O) groups is 1. The van der Waals surface area contributed by atoms with Gasteiger partial charge in [0.15, 0.2) is 5.76 Å². The first-order chi connectivity index (χ1) is 16.5. The van der Waals surface area contributed by atoms with E-state index >= 15 is 0 Å². The maximum absolute atomic E-state index is 13.3. The fourth-order valence-electron chi connectivity index (χ4n) is 4.43. The van der Waals surface area contributed by atoms with Crippen molar-refractivity contribution < 1.29 is 23.7 Å². The number of carbonyl (C=O) groups excluding carboxylic acids is 1. The Hall–Kier alpha value is -3.29. The molecule has 0 N–H and O–H groups in total. The number of methoxy groups -OCH3 is 2. The van der Waals surface area contributed by atoms with Crippen LogP contribution >= 0.6 is 15.9 Å². The number of benzene rings is 3. The maximum Gasteiger partial charge on any atom is 0.231 e. The Balaban J connectivity index is 1.44. The number of ketones is 1. The van der Waals surface area contributed by atoms with Crippen LogP contribution in [0.1, 0.15) is 32.6 Å². The van der Waals surface area contributed by atoms with E-state index < -0.39 is 0 Å². The van der Waals surface area contributed by atoms with E-state index in [4.69, 9.17) is 18.9 Å². The molecule has 2 heterocycles. The number of hydrogen-bond donors (Lipinski definition) is 0. The highest BCUT2D eigenvalue weighted by Gasteiger charge is 2.34. The van der Waals surface area contributed by atoms with Gasteiger partial charge in [0, 0.05) is 39.8 Å². The van der Waals surface area contributed by atoms with Crippen LogP contribution in [0.3, 0.4) is 0 Å². The number of para-hydroxylation sites is 1. The van der Waals surface area contributed by atoms with Gasteiger partial charge in [0.1, 0.15) is 29.7 Å². The van der Waals surface area contributed by atoms with E-state index in [-0.39, 0.29) is 11.5 Å². The van der Waals surface area contributed by atoms with Crippen molar-refractivity contribution in [3.8, 4) is 23.0 Å². The van der Waals surface area contributed by atoms with Gasteiger partial charge in [-0.3, -0.25) is 9.69 Å². The fraction of sp³-hybridized carbons (Fsp3) is 0.222. The fourth-order valence-corrected chi connectivity index (χ4v) is 4.81. The number of ether oxygens (including phenoxy) is 4. The van der Waals surface area contributed by atoms with Gasteiger partial charge < -0.3 is 18.9 Å². The smallest absolute Gasteiger partial charge is 0.231 e. The molecule has 0 bridgehead atoms. The molecule has 6 nitrogen and oxygen atoms in total. The maximum atomic E-state index is 13.3. The van der Waals surface area contributed by atoms with Crippen LogP contribution in [0.4, 0.5) is 0 Å². The van der Waals surface area contributed by atoms with Crippen LogP contribution in [-0.2, 0) is 13.1 Å². The largest absolute Gasteiger partial charge is 0.496 e. The molecule has 174 valence electrons. The molecule has 0 saturated heterocycles. The summed E-state index contributed by atoms with van der Waals surface area (Å²) in [6, 6.07) is 15.5. The second-order valence-corrected chi connectivity index (χ2v) is 9.18. The lowest BCUT2D eigenvalue weighted by molar-refractivity contribution is 0.0869. The Morgan fingerprint density at radius 1 is 1.06 bits per heavy atom. The number of halogens is 1. The number of rotatable bonds is 5. The van der Waals surface area contributed by atoms with Crippen molar-refractivity contribution in [3.63, 3.8) is 0 Å². The van der Waals surface area contributed by atoms with E-state index in [0.717, 1.165) is 38.2 Å². The lowest BCUT2D eigenvalue weighted by Crippen LogP contribution is -2.32. The van der Waals surface area contributed by atoms with Gasteiger partial charge in [-0.25, -0.2) is 0 Å². The second-order valence-electron chi connectivity index (χ2n) is 8.26. The highest BCUT2D eigenvalue weighted by molar-refractivity contribution is 9.10. The molecular weight excluding hydrogens is 498 g/mol. The molecule has 3 aromatic rings. The Morgan fingerprint density at radius 2 is 1.85 bits per heavy atom. The van der Waals surface area contributed by atoms with Crippen molar-refractivity contribution in [2.24, 2.45) is 0 Å². The summed E-state index contributed by atoms with van der Waals surface area (Å²) in [4.78, 5) is 15.4. The first kappa shape index (κ1) is 22.5. The first-order valence-electron chi connectivity index (χ1n) is 10.9. The van der Waals surface area contributed by atoms with Gasteiger partial charge in [-0.15, -0.1) is 0 Å². The molecule has 5 rings (SSSR count). The predicted molar refractivity (Wildman–Crippen MR) is 133 cm³/mol. The van der Waals surface area contributed by atoms with Crippen LogP contribution in [0, 0.1) is 6.92 Å². The lowest BCUT2D eigenvalue weighted by Gasteiger charge is -2.30. The molecule has 0 fully saturated rings. The molecule has 2 aliphatic rings. The third-order valence-electron chi connectivity index (χ3n) is 6.07. The molecule has 0 spiro atoms. The Kier molecular flexibility index (Phi) is 6.06. The Morgan fingerprint density at radius 3 is 2.65 bits per heavy atom. The van der Waals surface area contributed by atoms with Gasteiger partial charge in [0.05, 0.1) is 19.8 Å². The van der Waals surface area contributed by atoms with E-state index in [2.05, 4.69) is 20.8 Å². The number of nitrogens with zero attached hydrogens (tertiary/aromatic N) is 1. The lowest BCUT2D eigenvalue weighted by atomic mass is 9.99. The minimum atomic E-state index is -0.148. The van der Waals surface area contributed by atoms with E-state index in [0.29, 0.717) is 36.9 Å². The van der Waals surface area contributed by atoms with Gasteiger partial charge in [-0.05, 0) is 43.3 Å². The topological polar surface area (TPSA) is 57.2 Å². The van der Waals surface area contributed by atoms with Crippen LogP contribution < -0.4 is 18.9 Å². The average Bonchev–Trinajstić information content (AvgIpc) is 3.15. The standard InChI is InChI=1S/C27H24BrNO5/c1-16-26-19(14-29(15-33-26)13-17-6-4-5-7-22(17)31-2)11-21-25(30)24(34-27(16)21)12-18-10-20(28)8-9-23(18)32-3/h4-12H,13-15H2,1-3H3/b24-12-. The molecule has 2 aliphatic heterocycles. The summed E-state index contributed by atoms with van der Waals surface area (Å²) < 4.78 is 24.0. The number of hydrogen-bond acceptors (Lipinski definition) is 6. The van der Waals surface area contributed by atoms with Crippen molar-refractivity contribution in [1.29, 1.82) is 0 Å². The number of allylic oxidation sites excluding steroid dienone is 1. The average molecular weight is 522 g/mol. The van der Waals surface area contributed by atoms with Crippen LogP contribution in [0.2, 0.25) is 0 Å². The van der Waals surface area contributed by atoms with E-state index in [9.17, 15) is 4.79 Å². The van der Waals surface area contributed by atoms with Gasteiger partial charge >= 0.3 is 0 Å². The Labute approximate surface area is 206 Å². The third kappa shape index (κ3) is 4.06. The van der Waals surface area contributed by atoms with Crippen LogP contribution in [0.25, 0.3) is 6.08 Å². The SMILES string of the molecule is COc1ccc(Br)cc1/C=C1\Oc2c(cc3c(c2C)OCN(Cc2ccccc2OC)C3)C1=O. The summed E-state index contributed by atoms with van der Waals surface area (Å²) in [5.74, 6) is 2.97. The molecule has 0 amide bonds. The quantitative estimate of drug-likeness (QED) is 0.399. The molecule has 34 heavy (non-hydrogen) atoms. The Bertz CT molecular complexity index is 1320. The first-order valence-corrected chi connectivity index (χ1v) is 11.7. The predicted octanol–water partition coefficient (Wildman–Crippen LogP) is 5.74. The van der Waals surface area contributed by atoms with Crippen LogP contribution in [-0.4, -0.2) is 31.6 Å². The van der Waals surface area contributed by atoms with Crippen molar-refractivity contribution in [2.45, 2.75) is 20.0 Å². The molecule has 0 unspecified atom stereocenters. The highest BCUT2D eigenvalue weighted by atomic mass is 79.9. The summed E-state index contributed by atoms with van der Waals surface area (Å²) in [6.45, 7) is 3.71. The van der Waals surface area contributed by atoms with Crippen LogP contribution in [0.5, 0.6) is 23.0 Å². The third-order valence-corrected chi connectivity index (χ3v) is 6.56. The number of fused-ring (bicyclic) bond motifs is 2. The summed E-state index contributed by atoms with van der Waals surface area (Å²) in [5, 5.41) is 0. The van der Waals surface area contributed by atoms with Gasteiger partial charge in [-0.2, -0.15) is 0 Å². The zero-order chi connectivity index (χ0) is 23.8. The highest BCUT2D eigenvalue weighted by Crippen LogP contribution is 2.43. The van der Waals surface area contributed by atoms with Crippen molar-refractivity contribution in [1.82, 2.24) is 4.90 Å². The normalized spacial score (nSPS) is 16.0. The van der Waals surface area contributed by atoms with Gasteiger partial charge in [-0.1, -0.05) is 34.1 Å². The van der Waals surface area contributed by atoms with E-state index in [1.54, 1.807) is 20.3 Å². The molecular formula is C27H24BrNO5. The van der Waals surface area contributed by atoms with E-state index in [1.807, 2.05) is 55.5 Å².